The van der Waals surface area contributed by atoms with E-state index < -0.39 is 5.97 Å². The summed E-state index contributed by atoms with van der Waals surface area (Å²) in [7, 11) is 0. The molecule has 3 aromatic rings. The van der Waals surface area contributed by atoms with E-state index in [1.807, 2.05) is 6.07 Å². The number of imidazole rings is 1. The molecular weight excluding hydrogens is 312 g/mol. The zero-order valence-corrected chi connectivity index (χ0v) is 14.4. The summed E-state index contributed by atoms with van der Waals surface area (Å²) >= 11 is 0. The van der Waals surface area contributed by atoms with Gasteiger partial charge < -0.3 is 9.67 Å². The molecule has 1 heterocycles. The molecule has 1 aliphatic rings. The van der Waals surface area contributed by atoms with E-state index in [0.29, 0.717) is 6.04 Å². The molecule has 128 valence electrons. The van der Waals surface area contributed by atoms with Crippen molar-refractivity contribution in [3.63, 3.8) is 0 Å². The number of carbonyl (C=O) groups is 1. The first-order valence-corrected chi connectivity index (χ1v) is 8.96. The summed E-state index contributed by atoms with van der Waals surface area (Å²) < 4.78 is 2.34. The van der Waals surface area contributed by atoms with Gasteiger partial charge in [0.05, 0.1) is 16.6 Å². The number of aromatic nitrogens is 2. The van der Waals surface area contributed by atoms with Gasteiger partial charge in [-0.3, -0.25) is 0 Å². The first-order valence-electron chi connectivity index (χ1n) is 8.96. The molecule has 1 N–H and O–H groups in total. The van der Waals surface area contributed by atoms with Crippen LogP contribution in [0.3, 0.4) is 0 Å². The molecule has 0 aliphatic heterocycles. The van der Waals surface area contributed by atoms with Gasteiger partial charge in [0.1, 0.15) is 5.82 Å². The summed E-state index contributed by atoms with van der Waals surface area (Å²) in [4.78, 5) is 16.1. The van der Waals surface area contributed by atoms with Crippen LogP contribution in [0.4, 0.5) is 0 Å². The van der Waals surface area contributed by atoms with Crippen molar-refractivity contribution >= 4 is 17.0 Å². The number of rotatable bonds is 3. The van der Waals surface area contributed by atoms with Crippen LogP contribution >= 0.6 is 0 Å². The van der Waals surface area contributed by atoms with Crippen molar-refractivity contribution in [2.45, 2.75) is 45.1 Å². The molecule has 0 spiro atoms. The molecule has 0 bridgehead atoms. The van der Waals surface area contributed by atoms with E-state index in [1.54, 1.807) is 12.1 Å². The molecule has 0 unspecified atom stereocenters. The summed E-state index contributed by atoms with van der Waals surface area (Å²) in [6.07, 6.45) is 6.10. The topological polar surface area (TPSA) is 55.1 Å². The van der Waals surface area contributed by atoms with Gasteiger partial charge in [-0.25, -0.2) is 9.78 Å². The normalized spacial score (nSPS) is 15.6. The Morgan fingerprint density at radius 3 is 2.48 bits per heavy atom. The molecule has 25 heavy (non-hydrogen) atoms. The summed E-state index contributed by atoms with van der Waals surface area (Å²) in [5.41, 5.74) is 4.39. The maximum Gasteiger partial charge on any atom is 0.335 e. The van der Waals surface area contributed by atoms with Gasteiger partial charge in [-0.1, -0.05) is 49.1 Å². The number of carboxylic acid groups (broad SMARTS) is 1. The predicted molar refractivity (Wildman–Crippen MR) is 99.0 cm³/mol. The van der Waals surface area contributed by atoms with Crippen LogP contribution in [0.2, 0.25) is 0 Å². The van der Waals surface area contributed by atoms with Crippen molar-refractivity contribution < 1.29 is 9.90 Å². The average molecular weight is 334 g/mol. The molecule has 0 amide bonds. The van der Waals surface area contributed by atoms with E-state index in [1.165, 1.54) is 24.8 Å². The highest BCUT2D eigenvalue weighted by Gasteiger charge is 2.22. The maximum absolute atomic E-state index is 11.3. The highest BCUT2D eigenvalue weighted by molar-refractivity contribution is 5.93. The Kier molecular flexibility index (Phi) is 4.04. The highest BCUT2D eigenvalue weighted by Crippen LogP contribution is 2.36. The van der Waals surface area contributed by atoms with E-state index in [9.17, 15) is 9.90 Å². The molecule has 4 nitrogen and oxygen atoms in total. The lowest BCUT2D eigenvalue weighted by Gasteiger charge is -2.25. The molecular formula is C21H22N2O2. The fourth-order valence-electron chi connectivity index (χ4n) is 3.85. The van der Waals surface area contributed by atoms with Crippen LogP contribution in [0, 0.1) is 6.92 Å². The lowest BCUT2D eigenvalue weighted by atomic mass is 9.94. The second kappa shape index (κ2) is 6.36. The maximum atomic E-state index is 11.3. The molecule has 0 radical (unpaired) electrons. The minimum absolute atomic E-state index is 0.288. The Labute approximate surface area is 147 Å². The van der Waals surface area contributed by atoms with Gasteiger partial charge in [-0.15, -0.1) is 0 Å². The van der Waals surface area contributed by atoms with E-state index in [4.69, 9.17) is 4.98 Å². The minimum Gasteiger partial charge on any atom is -0.478 e. The third kappa shape index (κ3) is 2.93. The third-order valence-electron chi connectivity index (χ3n) is 5.19. The second-order valence-corrected chi connectivity index (χ2v) is 6.97. The van der Waals surface area contributed by atoms with Crippen LogP contribution in [0.5, 0.6) is 0 Å². The van der Waals surface area contributed by atoms with Gasteiger partial charge in [0.15, 0.2) is 0 Å². The first kappa shape index (κ1) is 15.9. The van der Waals surface area contributed by atoms with Gasteiger partial charge in [0.2, 0.25) is 0 Å². The van der Waals surface area contributed by atoms with Crippen molar-refractivity contribution in [2.24, 2.45) is 0 Å². The molecule has 4 heteroatoms. The molecule has 4 rings (SSSR count). The van der Waals surface area contributed by atoms with Crippen molar-refractivity contribution in [3.05, 3.63) is 53.6 Å². The van der Waals surface area contributed by atoms with Crippen molar-refractivity contribution in [1.82, 2.24) is 9.55 Å². The lowest BCUT2D eigenvalue weighted by Crippen LogP contribution is -2.14. The quantitative estimate of drug-likeness (QED) is 0.715. The monoisotopic (exact) mass is 334 g/mol. The number of benzene rings is 2. The van der Waals surface area contributed by atoms with Crippen LogP contribution < -0.4 is 0 Å². The molecule has 1 aromatic heterocycles. The molecule has 0 saturated heterocycles. The van der Waals surface area contributed by atoms with E-state index in [-0.39, 0.29) is 5.56 Å². The van der Waals surface area contributed by atoms with Crippen LogP contribution in [0.1, 0.15) is 54.1 Å². The molecule has 1 saturated carbocycles. The zero-order valence-electron chi connectivity index (χ0n) is 14.4. The molecule has 1 fully saturated rings. The summed E-state index contributed by atoms with van der Waals surface area (Å²) in [5.74, 6) is 0.0374. The average Bonchev–Trinajstić information content (AvgIpc) is 3.01. The van der Waals surface area contributed by atoms with Crippen molar-refractivity contribution in [3.8, 4) is 11.4 Å². The predicted octanol–water partition coefficient (Wildman–Crippen LogP) is 5.22. The Balaban J connectivity index is 1.92. The number of nitrogens with zero attached hydrogens (tertiary/aromatic N) is 2. The van der Waals surface area contributed by atoms with E-state index in [0.717, 1.165) is 35.3 Å². The largest absolute Gasteiger partial charge is 0.478 e. The Morgan fingerprint density at radius 1 is 1.08 bits per heavy atom. The van der Waals surface area contributed by atoms with Crippen LogP contribution in [-0.4, -0.2) is 20.6 Å². The minimum atomic E-state index is -0.911. The van der Waals surface area contributed by atoms with Gasteiger partial charge >= 0.3 is 5.97 Å². The highest BCUT2D eigenvalue weighted by atomic mass is 16.4. The smallest absolute Gasteiger partial charge is 0.335 e. The SMILES string of the molecule is Cc1ccc(-c2nc3cc(C(=O)O)ccc3n2C2CCCCC2)cc1. The first-order chi connectivity index (χ1) is 12.1. The van der Waals surface area contributed by atoms with Crippen LogP contribution in [-0.2, 0) is 0 Å². The van der Waals surface area contributed by atoms with Crippen LogP contribution in [0.15, 0.2) is 42.5 Å². The van der Waals surface area contributed by atoms with E-state index in [2.05, 4.69) is 35.8 Å². The Morgan fingerprint density at radius 2 is 1.80 bits per heavy atom. The summed E-state index contributed by atoms with van der Waals surface area (Å²) in [6, 6.07) is 14.1. The van der Waals surface area contributed by atoms with Gasteiger partial charge in [-0.05, 0) is 38.0 Å². The lowest BCUT2D eigenvalue weighted by molar-refractivity contribution is 0.0697. The molecule has 1 aliphatic carbocycles. The number of hydrogen-bond acceptors (Lipinski definition) is 2. The van der Waals surface area contributed by atoms with Gasteiger partial charge in [0, 0.05) is 11.6 Å². The fourth-order valence-corrected chi connectivity index (χ4v) is 3.85. The van der Waals surface area contributed by atoms with E-state index >= 15 is 0 Å². The summed E-state index contributed by atoms with van der Waals surface area (Å²) in [6.45, 7) is 2.08. The Bertz CT molecular complexity index is 919. The number of fused-ring (bicyclic) bond motifs is 1. The number of carboxylic acids is 1. The zero-order chi connectivity index (χ0) is 17.4. The second-order valence-electron chi connectivity index (χ2n) is 6.97. The van der Waals surface area contributed by atoms with Gasteiger partial charge in [-0.2, -0.15) is 0 Å². The van der Waals surface area contributed by atoms with Gasteiger partial charge in [0.25, 0.3) is 0 Å². The standard InChI is InChI=1S/C21H22N2O2/c1-14-7-9-15(10-8-14)20-22-18-13-16(21(24)25)11-12-19(18)23(20)17-5-3-2-4-6-17/h7-13,17H,2-6H2,1H3,(H,24,25). The summed E-state index contributed by atoms with van der Waals surface area (Å²) in [5, 5.41) is 9.28. The molecule has 2 aromatic carbocycles. The number of hydrogen-bond donors (Lipinski definition) is 1. The number of aryl methyl sites for hydroxylation is 1. The molecule has 0 atom stereocenters. The number of aromatic carboxylic acids is 1. The van der Waals surface area contributed by atoms with Crippen molar-refractivity contribution in [2.75, 3.05) is 0 Å². The van der Waals surface area contributed by atoms with Crippen LogP contribution in [0.25, 0.3) is 22.4 Å². The van der Waals surface area contributed by atoms with Crippen molar-refractivity contribution in [1.29, 1.82) is 0 Å². The Hall–Kier alpha value is -2.62. The fraction of sp³-hybridized carbons (Fsp3) is 0.333. The third-order valence-corrected chi connectivity index (χ3v) is 5.19.